The molecule has 0 amide bonds. The molecule has 0 saturated carbocycles. The van der Waals surface area contributed by atoms with E-state index in [0.29, 0.717) is 13.0 Å². The first-order valence-electron chi connectivity index (χ1n) is 9.38. The van der Waals surface area contributed by atoms with Crippen LogP contribution in [0.2, 0.25) is 5.02 Å². The highest BCUT2D eigenvalue weighted by Crippen LogP contribution is 2.33. The summed E-state index contributed by atoms with van der Waals surface area (Å²) in [6.45, 7) is 0.269. The molecule has 12 heteroatoms. The van der Waals surface area contributed by atoms with Gasteiger partial charge in [0.25, 0.3) is 0 Å². The molecule has 0 aromatic heterocycles. The molecule has 1 aliphatic rings. The molecule has 1 fully saturated rings. The van der Waals surface area contributed by atoms with E-state index in [1.165, 1.54) is 42.3 Å². The summed E-state index contributed by atoms with van der Waals surface area (Å²) < 4.78 is 75.4. The Morgan fingerprint density at radius 1 is 1.28 bits per heavy atom. The molecule has 0 radical (unpaired) electrons. The Labute approximate surface area is 188 Å². The van der Waals surface area contributed by atoms with Crippen LogP contribution in [0.25, 0.3) is 0 Å². The summed E-state index contributed by atoms with van der Waals surface area (Å²) in [4.78, 5) is 1.25. The molecule has 1 saturated heterocycles. The van der Waals surface area contributed by atoms with Gasteiger partial charge in [-0.2, -0.15) is 9.57 Å². The van der Waals surface area contributed by atoms with Crippen LogP contribution < -0.4 is 9.47 Å². The van der Waals surface area contributed by atoms with Gasteiger partial charge in [0.1, 0.15) is 16.4 Å². The summed E-state index contributed by atoms with van der Waals surface area (Å²) in [6, 6.07) is 8.66. The van der Waals surface area contributed by atoms with Gasteiger partial charge in [0.15, 0.2) is 6.19 Å². The highest BCUT2D eigenvalue weighted by molar-refractivity contribution is 7.89. The smallest absolute Gasteiger partial charge is 0.495 e. The molecule has 1 atom stereocenters. The van der Waals surface area contributed by atoms with E-state index in [9.17, 15) is 26.9 Å². The third-order valence-corrected chi connectivity index (χ3v) is 7.05. The van der Waals surface area contributed by atoms with Crippen LogP contribution >= 0.6 is 11.6 Å². The minimum Gasteiger partial charge on any atom is -0.495 e. The monoisotopic (exact) mass is 489 g/mol. The Balaban J connectivity index is 2.02. The van der Waals surface area contributed by atoms with Crippen molar-refractivity contribution in [1.29, 1.82) is 5.26 Å². The van der Waals surface area contributed by atoms with Crippen molar-refractivity contribution in [3.63, 3.8) is 0 Å². The summed E-state index contributed by atoms with van der Waals surface area (Å²) in [5.41, 5.74) is 0.284. The molecule has 0 N–H and O–H groups in total. The molecule has 1 heterocycles. The van der Waals surface area contributed by atoms with Crippen molar-refractivity contribution in [3.05, 3.63) is 53.1 Å². The maximum atomic E-state index is 13.6. The van der Waals surface area contributed by atoms with Gasteiger partial charge in [-0.05, 0) is 42.3 Å². The zero-order valence-corrected chi connectivity index (χ0v) is 18.4. The second-order valence-corrected chi connectivity index (χ2v) is 9.32. The van der Waals surface area contributed by atoms with Gasteiger partial charge in [0.05, 0.1) is 7.11 Å². The standard InChI is InChI=1S/C20H19ClF3N3O4S/c1-30-18-6-5-15(21)10-19(18)32(28,29)27(16-7-8-26(12-16)13-25)11-14-3-2-4-17(9-14)31-20(22,23)24/h2-6,9-10,16H,7-8,11-12H2,1H3/t16-/m1/s1. The molecule has 0 aliphatic carbocycles. The van der Waals surface area contributed by atoms with Crippen molar-refractivity contribution in [2.24, 2.45) is 0 Å². The molecule has 2 aromatic rings. The van der Waals surface area contributed by atoms with Crippen LogP contribution in [0, 0.1) is 11.5 Å². The van der Waals surface area contributed by atoms with Crippen molar-refractivity contribution in [1.82, 2.24) is 9.21 Å². The summed E-state index contributed by atoms with van der Waals surface area (Å²) in [7, 11) is -2.89. The summed E-state index contributed by atoms with van der Waals surface area (Å²) >= 11 is 6.02. The van der Waals surface area contributed by atoms with Crippen molar-refractivity contribution in [2.45, 2.75) is 30.3 Å². The van der Waals surface area contributed by atoms with E-state index in [1.54, 1.807) is 0 Å². The average molecular weight is 490 g/mol. The van der Waals surface area contributed by atoms with Crippen LogP contribution in [0.5, 0.6) is 11.5 Å². The predicted octanol–water partition coefficient (Wildman–Crippen LogP) is 3.99. The summed E-state index contributed by atoms with van der Waals surface area (Å²) in [5.74, 6) is -0.388. The molecule has 2 aromatic carbocycles. The lowest BCUT2D eigenvalue weighted by Crippen LogP contribution is -2.41. The first-order valence-corrected chi connectivity index (χ1v) is 11.2. The molecule has 32 heavy (non-hydrogen) atoms. The van der Waals surface area contributed by atoms with Crippen molar-refractivity contribution in [3.8, 4) is 17.7 Å². The minimum atomic E-state index is -4.88. The van der Waals surface area contributed by atoms with E-state index in [-0.39, 0.29) is 34.3 Å². The lowest BCUT2D eigenvalue weighted by atomic mass is 10.2. The predicted molar refractivity (Wildman–Crippen MR) is 109 cm³/mol. The topological polar surface area (TPSA) is 82.9 Å². The Hall–Kier alpha value is -2.68. The molecular weight excluding hydrogens is 471 g/mol. The van der Waals surface area contributed by atoms with Crippen LogP contribution in [0.1, 0.15) is 12.0 Å². The number of hydrogen-bond acceptors (Lipinski definition) is 6. The zero-order chi connectivity index (χ0) is 23.5. The fraction of sp³-hybridized carbons (Fsp3) is 0.350. The van der Waals surface area contributed by atoms with E-state index in [4.69, 9.17) is 16.3 Å². The Kier molecular flexibility index (Phi) is 7.07. The Bertz CT molecular complexity index is 1120. The van der Waals surface area contributed by atoms with Crippen LogP contribution in [0.4, 0.5) is 13.2 Å². The van der Waals surface area contributed by atoms with Crippen LogP contribution in [-0.4, -0.2) is 50.2 Å². The fourth-order valence-corrected chi connectivity index (χ4v) is 5.53. The number of alkyl halides is 3. The fourth-order valence-electron chi connectivity index (χ4n) is 3.48. The molecule has 7 nitrogen and oxygen atoms in total. The first kappa shape index (κ1) is 24.0. The highest BCUT2D eigenvalue weighted by Gasteiger charge is 2.38. The lowest BCUT2D eigenvalue weighted by molar-refractivity contribution is -0.274. The number of nitrogens with zero attached hydrogens (tertiary/aromatic N) is 3. The SMILES string of the molecule is COc1ccc(Cl)cc1S(=O)(=O)N(Cc1cccc(OC(F)(F)F)c1)[C@@H]1CCN(C#N)C1. The Morgan fingerprint density at radius 2 is 2.03 bits per heavy atom. The highest BCUT2D eigenvalue weighted by atomic mass is 35.5. The number of ether oxygens (including phenoxy) is 2. The average Bonchev–Trinajstić information content (AvgIpc) is 3.19. The quantitative estimate of drug-likeness (QED) is 0.547. The second kappa shape index (κ2) is 9.44. The van der Waals surface area contributed by atoms with E-state index in [2.05, 4.69) is 4.74 Å². The summed E-state index contributed by atoms with van der Waals surface area (Å²) in [6.07, 6.45) is -2.52. The number of benzene rings is 2. The van der Waals surface area contributed by atoms with Gasteiger partial charge in [-0.25, -0.2) is 8.42 Å². The second-order valence-electron chi connectivity index (χ2n) is 7.03. The third kappa shape index (κ3) is 5.56. The van der Waals surface area contributed by atoms with Gasteiger partial charge in [0.2, 0.25) is 10.0 Å². The molecule has 0 spiro atoms. The van der Waals surface area contributed by atoms with Crippen LogP contribution in [0.15, 0.2) is 47.4 Å². The number of likely N-dealkylation sites (tertiary alicyclic amines) is 1. The number of nitriles is 1. The van der Waals surface area contributed by atoms with E-state index in [0.717, 1.165) is 16.4 Å². The van der Waals surface area contributed by atoms with Crippen LogP contribution in [-0.2, 0) is 16.6 Å². The van der Waals surface area contributed by atoms with E-state index >= 15 is 0 Å². The minimum absolute atomic E-state index is 0.0729. The largest absolute Gasteiger partial charge is 0.573 e. The molecular formula is C20H19ClF3N3O4S. The molecule has 0 unspecified atom stereocenters. The number of rotatable bonds is 7. The van der Waals surface area contributed by atoms with Gasteiger partial charge >= 0.3 is 6.36 Å². The van der Waals surface area contributed by atoms with Gasteiger partial charge in [-0.15, -0.1) is 13.2 Å². The molecule has 1 aliphatic heterocycles. The van der Waals surface area contributed by atoms with Crippen LogP contribution in [0.3, 0.4) is 0 Å². The van der Waals surface area contributed by atoms with Crippen molar-refractivity contribution < 1.29 is 31.1 Å². The number of halogens is 4. The zero-order valence-electron chi connectivity index (χ0n) is 16.8. The van der Waals surface area contributed by atoms with Crippen molar-refractivity contribution >= 4 is 21.6 Å². The van der Waals surface area contributed by atoms with Gasteiger partial charge in [-0.1, -0.05) is 23.7 Å². The lowest BCUT2D eigenvalue weighted by Gasteiger charge is -2.28. The molecule has 3 rings (SSSR count). The first-order chi connectivity index (χ1) is 15.0. The molecule has 172 valence electrons. The molecule has 0 bridgehead atoms. The number of sulfonamides is 1. The summed E-state index contributed by atoms with van der Waals surface area (Å²) in [5, 5.41) is 9.36. The maximum Gasteiger partial charge on any atom is 0.573 e. The van der Waals surface area contributed by atoms with Crippen molar-refractivity contribution in [2.75, 3.05) is 20.2 Å². The van der Waals surface area contributed by atoms with Gasteiger partial charge < -0.3 is 14.4 Å². The van der Waals surface area contributed by atoms with E-state index < -0.39 is 28.2 Å². The normalized spacial score (nSPS) is 16.8. The Morgan fingerprint density at radius 3 is 2.66 bits per heavy atom. The third-order valence-electron chi connectivity index (χ3n) is 4.89. The van der Waals surface area contributed by atoms with Gasteiger partial charge in [-0.3, -0.25) is 0 Å². The van der Waals surface area contributed by atoms with Gasteiger partial charge in [0, 0.05) is 30.7 Å². The number of hydrogen-bond donors (Lipinski definition) is 0. The maximum absolute atomic E-state index is 13.6. The van der Waals surface area contributed by atoms with E-state index in [1.807, 2.05) is 6.19 Å². The number of methoxy groups -OCH3 is 1.